The maximum absolute atomic E-state index is 13.0. The van der Waals surface area contributed by atoms with Crippen molar-refractivity contribution in [3.8, 4) is 0 Å². The van der Waals surface area contributed by atoms with E-state index in [0.717, 1.165) is 12.1 Å². The Morgan fingerprint density at radius 3 is 2.09 bits per heavy atom. The average molecular weight is 484 g/mol. The second-order valence-electron chi connectivity index (χ2n) is 8.13. The highest BCUT2D eigenvalue weighted by atomic mass is 19.4. The van der Waals surface area contributed by atoms with E-state index in [0.29, 0.717) is 12.1 Å². The molecule has 2 rings (SSSR count). The smallest absolute Gasteiger partial charge is 0.430 e. The molecule has 0 fully saturated rings. The molecule has 0 aliphatic carbocycles. The minimum absolute atomic E-state index is 0.0427. The standard InChI is InChI=1S/C20H22F6N2O5/c1-17(2,3)32-15(29)8-9-27-16(30)14-10-13(28-33-14)11-4-6-12(7-5-11)18(31,19(21,22)23)20(24,25)26/h4-7,10,14,28,31H,8-9H2,1-3H3,(H,27,30). The first-order valence-electron chi connectivity index (χ1n) is 9.55. The third kappa shape index (κ3) is 6.16. The molecule has 1 aromatic carbocycles. The van der Waals surface area contributed by atoms with Gasteiger partial charge in [-0.15, -0.1) is 0 Å². The molecule has 7 nitrogen and oxygen atoms in total. The van der Waals surface area contributed by atoms with Crippen LogP contribution < -0.4 is 10.8 Å². The van der Waals surface area contributed by atoms with Gasteiger partial charge in [0.25, 0.3) is 11.5 Å². The number of carbonyl (C=O) groups excluding carboxylic acids is 2. The molecule has 0 bridgehead atoms. The molecule has 1 amide bonds. The van der Waals surface area contributed by atoms with Crippen LogP contribution in [0, 0.1) is 0 Å². The van der Waals surface area contributed by atoms with Crippen molar-refractivity contribution in [3.63, 3.8) is 0 Å². The van der Waals surface area contributed by atoms with Gasteiger partial charge in [0.15, 0.2) is 6.10 Å². The second-order valence-corrected chi connectivity index (χ2v) is 8.13. The number of alkyl halides is 6. The van der Waals surface area contributed by atoms with E-state index in [2.05, 4.69) is 10.8 Å². The number of amides is 1. The van der Waals surface area contributed by atoms with Gasteiger partial charge in [-0.3, -0.25) is 19.9 Å². The van der Waals surface area contributed by atoms with Crippen molar-refractivity contribution in [2.24, 2.45) is 0 Å². The van der Waals surface area contributed by atoms with Crippen LogP contribution in [0.1, 0.15) is 38.3 Å². The molecule has 0 aromatic heterocycles. The van der Waals surface area contributed by atoms with Crippen LogP contribution in [0.2, 0.25) is 0 Å². The van der Waals surface area contributed by atoms with Gasteiger partial charge in [-0.05, 0) is 32.4 Å². The molecule has 1 aliphatic heterocycles. The third-order valence-electron chi connectivity index (χ3n) is 4.35. The quantitative estimate of drug-likeness (QED) is 0.424. The van der Waals surface area contributed by atoms with Gasteiger partial charge in [-0.2, -0.15) is 26.3 Å². The van der Waals surface area contributed by atoms with Crippen molar-refractivity contribution < 1.29 is 50.6 Å². The Hall–Kier alpha value is -2.80. The summed E-state index contributed by atoms with van der Waals surface area (Å²) in [7, 11) is 0. The normalized spacial score (nSPS) is 17.3. The summed E-state index contributed by atoms with van der Waals surface area (Å²) in [6.07, 6.45) is -12.0. The third-order valence-corrected chi connectivity index (χ3v) is 4.35. The average Bonchev–Trinajstić information content (AvgIpc) is 3.14. The molecule has 1 heterocycles. The minimum Gasteiger partial charge on any atom is -0.460 e. The Kier molecular flexibility index (Phi) is 7.39. The van der Waals surface area contributed by atoms with Crippen molar-refractivity contribution in [1.29, 1.82) is 0 Å². The monoisotopic (exact) mass is 484 g/mol. The number of halogens is 6. The Morgan fingerprint density at radius 2 is 1.61 bits per heavy atom. The van der Waals surface area contributed by atoms with Crippen molar-refractivity contribution in [2.75, 3.05) is 6.54 Å². The van der Waals surface area contributed by atoms with Gasteiger partial charge < -0.3 is 15.2 Å². The van der Waals surface area contributed by atoms with E-state index >= 15 is 0 Å². The summed E-state index contributed by atoms with van der Waals surface area (Å²) in [6, 6.07) is 2.77. The predicted octanol–water partition coefficient (Wildman–Crippen LogP) is 3.09. The maximum Gasteiger partial charge on any atom is 0.430 e. The number of hydroxylamine groups is 1. The van der Waals surface area contributed by atoms with Crippen molar-refractivity contribution in [1.82, 2.24) is 10.8 Å². The zero-order chi connectivity index (χ0) is 25.2. The summed E-state index contributed by atoms with van der Waals surface area (Å²) in [5.74, 6) is -1.16. The summed E-state index contributed by atoms with van der Waals surface area (Å²) in [5.41, 5.74) is -4.56. The van der Waals surface area contributed by atoms with Crippen LogP contribution in [0.5, 0.6) is 0 Å². The van der Waals surface area contributed by atoms with Gasteiger partial charge in [0.1, 0.15) is 5.60 Å². The zero-order valence-electron chi connectivity index (χ0n) is 17.7. The van der Waals surface area contributed by atoms with E-state index in [1.807, 2.05) is 0 Å². The molecule has 33 heavy (non-hydrogen) atoms. The fourth-order valence-corrected chi connectivity index (χ4v) is 2.79. The van der Waals surface area contributed by atoms with Crippen LogP contribution in [-0.4, -0.2) is 47.6 Å². The lowest BCUT2D eigenvalue weighted by molar-refractivity contribution is -0.376. The molecule has 184 valence electrons. The number of nitrogens with one attached hydrogen (secondary N) is 2. The van der Waals surface area contributed by atoms with E-state index < -0.39 is 47.1 Å². The maximum atomic E-state index is 13.0. The summed E-state index contributed by atoms with van der Waals surface area (Å²) >= 11 is 0. The number of benzene rings is 1. The number of rotatable bonds is 6. The predicted molar refractivity (Wildman–Crippen MR) is 102 cm³/mol. The van der Waals surface area contributed by atoms with Crippen LogP contribution in [0.25, 0.3) is 5.70 Å². The second kappa shape index (κ2) is 9.21. The summed E-state index contributed by atoms with van der Waals surface area (Å²) < 4.78 is 82.9. The Balaban J connectivity index is 2.05. The fourth-order valence-electron chi connectivity index (χ4n) is 2.79. The number of esters is 1. The van der Waals surface area contributed by atoms with Crippen LogP contribution >= 0.6 is 0 Å². The van der Waals surface area contributed by atoms with E-state index in [-0.39, 0.29) is 24.2 Å². The van der Waals surface area contributed by atoms with Crippen LogP contribution in [0.3, 0.4) is 0 Å². The first-order chi connectivity index (χ1) is 15.0. The lowest BCUT2D eigenvalue weighted by Gasteiger charge is -2.32. The van der Waals surface area contributed by atoms with Crippen LogP contribution in [-0.2, 0) is 24.8 Å². The number of ether oxygens (including phenoxy) is 1. The summed E-state index contributed by atoms with van der Waals surface area (Å²) in [5, 5.41) is 11.9. The zero-order valence-corrected chi connectivity index (χ0v) is 17.7. The summed E-state index contributed by atoms with van der Waals surface area (Å²) in [4.78, 5) is 28.8. The van der Waals surface area contributed by atoms with Crippen molar-refractivity contribution >= 4 is 17.6 Å². The number of hydrogen-bond donors (Lipinski definition) is 3. The molecule has 1 aromatic rings. The SMILES string of the molecule is CC(C)(C)OC(=O)CCNC(=O)C1C=C(c2ccc(C(O)(C(F)(F)F)C(F)(F)F)cc2)NO1. The van der Waals surface area contributed by atoms with Crippen molar-refractivity contribution in [2.45, 2.75) is 56.9 Å². The first kappa shape index (κ1) is 26.5. The molecule has 0 saturated heterocycles. The number of hydrogen-bond acceptors (Lipinski definition) is 6. The highest BCUT2D eigenvalue weighted by Crippen LogP contribution is 2.50. The highest BCUT2D eigenvalue weighted by Gasteiger charge is 2.71. The van der Waals surface area contributed by atoms with Crippen LogP contribution in [0.15, 0.2) is 30.3 Å². The van der Waals surface area contributed by atoms with Gasteiger partial charge in [0.2, 0.25) is 0 Å². The Morgan fingerprint density at radius 1 is 1.06 bits per heavy atom. The Labute approximate surface area is 184 Å². The van der Waals surface area contributed by atoms with Crippen LogP contribution in [0.4, 0.5) is 26.3 Å². The molecule has 13 heteroatoms. The molecule has 3 N–H and O–H groups in total. The van der Waals surface area contributed by atoms with E-state index in [9.17, 15) is 41.0 Å². The Bertz CT molecular complexity index is 889. The lowest BCUT2D eigenvalue weighted by Crippen LogP contribution is -2.53. The fraction of sp³-hybridized carbons (Fsp3) is 0.500. The number of carbonyl (C=O) groups is 2. The molecule has 1 atom stereocenters. The van der Waals surface area contributed by atoms with Gasteiger partial charge in [0, 0.05) is 12.1 Å². The van der Waals surface area contributed by atoms with E-state index in [1.165, 1.54) is 6.08 Å². The molecule has 0 spiro atoms. The largest absolute Gasteiger partial charge is 0.460 e. The molecular formula is C20H22F6N2O5. The molecule has 1 unspecified atom stereocenters. The van der Waals surface area contributed by atoms with E-state index in [4.69, 9.17) is 9.57 Å². The number of aliphatic hydroxyl groups is 1. The highest BCUT2D eigenvalue weighted by molar-refractivity contribution is 5.86. The molecular weight excluding hydrogens is 462 g/mol. The summed E-state index contributed by atoms with van der Waals surface area (Å²) in [6.45, 7) is 5.02. The molecule has 0 radical (unpaired) electrons. The topological polar surface area (TPSA) is 96.9 Å². The van der Waals surface area contributed by atoms with Gasteiger partial charge in [0.05, 0.1) is 12.1 Å². The molecule has 1 aliphatic rings. The van der Waals surface area contributed by atoms with Crippen molar-refractivity contribution in [3.05, 3.63) is 41.5 Å². The van der Waals surface area contributed by atoms with Gasteiger partial charge in [-0.25, -0.2) is 0 Å². The first-order valence-corrected chi connectivity index (χ1v) is 9.55. The lowest BCUT2D eigenvalue weighted by atomic mass is 9.91. The van der Waals surface area contributed by atoms with Gasteiger partial charge in [-0.1, -0.05) is 24.3 Å². The molecule has 0 saturated carbocycles. The minimum atomic E-state index is -6.00. The van der Waals surface area contributed by atoms with Gasteiger partial charge >= 0.3 is 18.3 Å². The van der Waals surface area contributed by atoms with E-state index in [1.54, 1.807) is 20.8 Å².